The standard InChI is InChI=1S/C16H24ClNO3S/c1-3-22(19,20)18-16-7-5-4-6-13(16)11-21-14-8-9-15(17)12(2)10-14/h8-10,13,16,18H,3-7,11H2,1-2H3. The van der Waals surface area contributed by atoms with E-state index < -0.39 is 10.0 Å². The van der Waals surface area contributed by atoms with Gasteiger partial charge in [0.05, 0.1) is 12.4 Å². The Kier molecular flexibility index (Phi) is 6.12. The Labute approximate surface area is 138 Å². The maximum absolute atomic E-state index is 11.8. The largest absolute Gasteiger partial charge is 0.493 e. The van der Waals surface area contributed by atoms with Gasteiger partial charge in [-0.3, -0.25) is 0 Å². The lowest BCUT2D eigenvalue weighted by Gasteiger charge is -2.31. The van der Waals surface area contributed by atoms with Crippen LogP contribution >= 0.6 is 11.6 Å². The van der Waals surface area contributed by atoms with Crippen molar-refractivity contribution in [3.8, 4) is 5.75 Å². The highest BCUT2D eigenvalue weighted by atomic mass is 35.5. The van der Waals surface area contributed by atoms with E-state index in [2.05, 4.69) is 4.72 Å². The van der Waals surface area contributed by atoms with Gasteiger partial charge < -0.3 is 4.74 Å². The molecule has 2 rings (SSSR count). The summed E-state index contributed by atoms with van der Waals surface area (Å²) in [6.45, 7) is 4.12. The number of ether oxygens (including phenoxy) is 1. The lowest BCUT2D eigenvalue weighted by Crippen LogP contribution is -2.44. The SMILES string of the molecule is CCS(=O)(=O)NC1CCCCC1COc1ccc(Cl)c(C)c1. The molecular weight excluding hydrogens is 322 g/mol. The molecule has 0 bridgehead atoms. The summed E-state index contributed by atoms with van der Waals surface area (Å²) in [7, 11) is -3.17. The summed E-state index contributed by atoms with van der Waals surface area (Å²) in [5.41, 5.74) is 0.978. The summed E-state index contributed by atoms with van der Waals surface area (Å²) in [4.78, 5) is 0. The van der Waals surface area contributed by atoms with Crippen molar-refractivity contribution < 1.29 is 13.2 Å². The van der Waals surface area contributed by atoms with Crippen LogP contribution in [-0.2, 0) is 10.0 Å². The van der Waals surface area contributed by atoms with Crippen LogP contribution < -0.4 is 9.46 Å². The second-order valence-electron chi connectivity index (χ2n) is 5.89. The van der Waals surface area contributed by atoms with Crippen molar-refractivity contribution in [3.63, 3.8) is 0 Å². The molecule has 6 heteroatoms. The van der Waals surface area contributed by atoms with Gasteiger partial charge in [-0.2, -0.15) is 0 Å². The molecule has 0 heterocycles. The van der Waals surface area contributed by atoms with Gasteiger partial charge in [0.25, 0.3) is 0 Å². The van der Waals surface area contributed by atoms with Gasteiger partial charge in [0.15, 0.2) is 0 Å². The highest BCUT2D eigenvalue weighted by Crippen LogP contribution is 2.27. The van der Waals surface area contributed by atoms with Crippen molar-refractivity contribution in [2.75, 3.05) is 12.4 Å². The van der Waals surface area contributed by atoms with Crippen molar-refractivity contribution in [2.45, 2.75) is 45.6 Å². The lowest BCUT2D eigenvalue weighted by molar-refractivity contribution is 0.180. The van der Waals surface area contributed by atoms with Gasteiger partial charge in [-0.1, -0.05) is 24.4 Å². The predicted molar refractivity (Wildman–Crippen MR) is 90.0 cm³/mol. The van der Waals surface area contributed by atoms with Gasteiger partial charge in [-0.25, -0.2) is 13.1 Å². The Hall–Kier alpha value is -0.780. The zero-order valence-electron chi connectivity index (χ0n) is 13.1. The molecule has 1 aliphatic rings. The second-order valence-corrected chi connectivity index (χ2v) is 8.34. The van der Waals surface area contributed by atoms with E-state index in [4.69, 9.17) is 16.3 Å². The minimum atomic E-state index is -3.17. The third-order valence-electron chi connectivity index (χ3n) is 4.21. The van der Waals surface area contributed by atoms with E-state index in [1.54, 1.807) is 6.92 Å². The molecule has 4 nitrogen and oxygen atoms in total. The number of hydrogen-bond donors (Lipinski definition) is 1. The maximum atomic E-state index is 11.8. The third-order valence-corrected chi connectivity index (χ3v) is 6.06. The van der Waals surface area contributed by atoms with E-state index in [1.165, 1.54) is 0 Å². The van der Waals surface area contributed by atoms with Crippen LogP contribution in [0.15, 0.2) is 18.2 Å². The molecule has 2 unspecified atom stereocenters. The van der Waals surface area contributed by atoms with Crippen molar-refractivity contribution in [1.82, 2.24) is 4.72 Å². The summed E-state index contributed by atoms with van der Waals surface area (Å²) in [6.07, 6.45) is 4.06. The Morgan fingerprint density at radius 1 is 1.32 bits per heavy atom. The summed E-state index contributed by atoms with van der Waals surface area (Å²) < 4.78 is 32.3. The Morgan fingerprint density at radius 3 is 2.73 bits per heavy atom. The maximum Gasteiger partial charge on any atom is 0.211 e. The molecule has 0 aliphatic heterocycles. The fraction of sp³-hybridized carbons (Fsp3) is 0.625. The van der Waals surface area contributed by atoms with Crippen LogP contribution in [0.25, 0.3) is 0 Å². The van der Waals surface area contributed by atoms with E-state index in [0.717, 1.165) is 42.0 Å². The fourth-order valence-electron chi connectivity index (χ4n) is 2.79. The molecule has 1 fully saturated rings. The number of nitrogens with one attached hydrogen (secondary N) is 1. The number of halogens is 1. The Bertz CT molecular complexity index is 603. The van der Waals surface area contributed by atoms with E-state index in [1.807, 2.05) is 25.1 Å². The molecule has 0 amide bonds. The zero-order chi connectivity index (χ0) is 16.2. The molecule has 0 spiro atoms. The fourth-order valence-corrected chi connectivity index (χ4v) is 3.84. The van der Waals surface area contributed by atoms with Gasteiger partial charge in [-0.15, -0.1) is 0 Å². The van der Waals surface area contributed by atoms with Crippen molar-refractivity contribution in [1.29, 1.82) is 0 Å². The number of aryl methyl sites for hydroxylation is 1. The molecule has 2 atom stereocenters. The van der Waals surface area contributed by atoms with Crippen LogP contribution in [0.4, 0.5) is 0 Å². The van der Waals surface area contributed by atoms with Crippen molar-refractivity contribution in [3.05, 3.63) is 28.8 Å². The van der Waals surface area contributed by atoms with E-state index >= 15 is 0 Å². The topological polar surface area (TPSA) is 55.4 Å². The number of rotatable bonds is 6. The lowest BCUT2D eigenvalue weighted by atomic mass is 9.86. The number of sulfonamides is 1. The highest BCUT2D eigenvalue weighted by Gasteiger charge is 2.28. The molecule has 1 N–H and O–H groups in total. The molecule has 1 saturated carbocycles. The molecule has 0 aromatic heterocycles. The van der Waals surface area contributed by atoms with Gasteiger partial charge in [0.1, 0.15) is 5.75 Å². The van der Waals surface area contributed by atoms with Crippen LogP contribution in [0, 0.1) is 12.8 Å². The third kappa shape index (κ3) is 4.86. The average molecular weight is 346 g/mol. The first-order valence-corrected chi connectivity index (χ1v) is 9.83. The van der Waals surface area contributed by atoms with Crippen LogP contribution in [0.3, 0.4) is 0 Å². The summed E-state index contributed by atoms with van der Waals surface area (Å²) in [5.74, 6) is 1.11. The van der Waals surface area contributed by atoms with Crippen LogP contribution in [0.2, 0.25) is 5.02 Å². The van der Waals surface area contributed by atoms with Crippen molar-refractivity contribution in [2.24, 2.45) is 5.92 Å². The molecule has 0 radical (unpaired) electrons. The minimum Gasteiger partial charge on any atom is -0.493 e. The Balaban J connectivity index is 1.97. The van der Waals surface area contributed by atoms with Gasteiger partial charge in [0, 0.05) is 17.0 Å². The molecule has 0 saturated heterocycles. The highest BCUT2D eigenvalue weighted by molar-refractivity contribution is 7.89. The summed E-state index contributed by atoms with van der Waals surface area (Å²) in [6, 6.07) is 5.57. The molecule has 1 aromatic rings. The normalized spacial score (nSPS) is 22.5. The van der Waals surface area contributed by atoms with Crippen molar-refractivity contribution >= 4 is 21.6 Å². The van der Waals surface area contributed by atoms with Gasteiger partial charge in [-0.05, 0) is 50.5 Å². The number of hydrogen-bond acceptors (Lipinski definition) is 3. The summed E-state index contributed by atoms with van der Waals surface area (Å²) in [5, 5.41) is 0.721. The molecule has 124 valence electrons. The van der Waals surface area contributed by atoms with Gasteiger partial charge >= 0.3 is 0 Å². The van der Waals surface area contributed by atoms with Gasteiger partial charge in [0.2, 0.25) is 10.0 Å². The predicted octanol–water partition coefficient (Wildman–Crippen LogP) is 3.53. The Morgan fingerprint density at radius 2 is 2.05 bits per heavy atom. The van der Waals surface area contributed by atoms with E-state index in [9.17, 15) is 8.42 Å². The van der Waals surface area contributed by atoms with Crippen LogP contribution in [0.5, 0.6) is 5.75 Å². The average Bonchev–Trinajstić information content (AvgIpc) is 2.49. The summed E-state index contributed by atoms with van der Waals surface area (Å²) >= 11 is 6.01. The monoisotopic (exact) mass is 345 g/mol. The molecular formula is C16H24ClNO3S. The molecule has 22 heavy (non-hydrogen) atoms. The smallest absolute Gasteiger partial charge is 0.211 e. The van der Waals surface area contributed by atoms with E-state index in [-0.39, 0.29) is 17.7 Å². The minimum absolute atomic E-state index is 0.0212. The van der Waals surface area contributed by atoms with Crippen LogP contribution in [0.1, 0.15) is 38.2 Å². The molecule has 1 aromatic carbocycles. The first-order chi connectivity index (χ1) is 10.4. The second kappa shape index (κ2) is 7.66. The molecule has 1 aliphatic carbocycles. The van der Waals surface area contributed by atoms with E-state index in [0.29, 0.717) is 6.61 Å². The zero-order valence-corrected chi connectivity index (χ0v) is 14.7. The first-order valence-electron chi connectivity index (χ1n) is 7.80. The number of benzene rings is 1. The first kappa shape index (κ1) is 17.6. The quantitative estimate of drug-likeness (QED) is 0.858. The van der Waals surface area contributed by atoms with Crippen LogP contribution in [-0.4, -0.2) is 26.8 Å².